The number of hydrogen-bond acceptors (Lipinski definition) is 2. The first-order chi connectivity index (χ1) is 10.9. The third kappa shape index (κ3) is 4.15. The highest BCUT2D eigenvalue weighted by Crippen LogP contribution is 2.20. The normalized spacial score (nSPS) is 10.9. The van der Waals surface area contributed by atoms with Crippen LogP contribution in [-0.2, 0) is 11.3 Å². The second-order valence-corrected chi connectivity index (χ2v) is 6.19. The Kier molecular flexibility index (Phi) is 5.48. The number of amides is 1. The molecule has 1 heterocycles. The molecule has 1 aromatic heterocycles. The second kappa shape index (κ2) is 7.36. The first-order valence-corrected chi connectivity index (χ1v) is 8.02. The zero-order valence-corrected chi connectivity index (χ0v) is 14.6. The molecule has 4 heteroatoms. The molecule has 4 nitrogen and oxygen atoms in total. The molecule has 0 radical (unpaired) electrons. The predicted molar refractivity (Wildman–Crippen MR) is 92.8 cm³/mol. The summed E-state index contributed by atoms with van der Waals surface area (Å²) in [6, 6.07) is 10.3. The van der Waals surface area contributed by atoms with Crippen LogP contribution in [0.25, 0.3) is 0 Å². The smallest absolute Gasteiger partial charge is 0.258 e. The van der Waals surface area contributed by atoms with Crippen LogP contribution in [0, 0.1) is 20.8 Å². The Morgan fingerprint density at radius 2 is 1.91 bits per heavy atom. The van der Waals surface area contributed by atoms with E-state index in [9.17, 15) is 4.79 Å². The lowest BCUT2D eigenvalue weighted by Crippen LogP contribution is -2.28. The number of benzene rings is 1. The van der Waals surface area contributed by atoms with Gasteiger partial charge in [0.25, 0.3) is 5.91 Å². The van der Waals surface area contributed by atoms with Gasteiger partial charge in [0.15, 0.2) is 6.61 Å². The highest BCUT2D eigenvalue weighted by Gasteiger charge is 2.12. The van der Waals surface area contributed by atoms with Crippen LogP contribution in [0.3, 0.4) is 0 Å². The van der Waals surface area contributed by atoms with Crippen LogP contribution in [0.5, 0.6) is 5.75 Å². The molecule has 0 fully saturated rings. The average Bonchev–Trinajstić information content (AvgIpc) is 2.78. The summed E-state index contributed by atoms with van der Waals surface area (Å²) >= 11 is 0. The van der Waals surface area contributed by atoms with Crippen LogP contribution in [0.2, 0.25) is 0 Å². The molecule has 0 spiro atoms. The fraction of sp³-hybridized carbons (Fsp3) is 0.421. The van der Waals surface area contributed by atoms with Crippen molar-refractivity contribution in [2.24, 2.45) is 0 Å². The van der Waals surface area contributed by atoms with Crippen molar-refractivity contribution in [3.63, 3.8) is 0 Å². The Morgan fingerprint density at radius 3 is 2.52 bits per heavy atom. The molecule has 0 unspecified atom stereocenters. The number of para-hydroxylation sites is 1. The average molecular weight is 314 g/mol. The van der Waals surface area contributed by atoms with Crippen LogP contribution < -0.4 is 10.1 Å². The molecule has 1 aromatic carbocycles. The van der Waals surface area contributed by atoms with E-state index in [0.29, 0.717) is 12.6 Å². The van der Waals surface area contributed by atoms with Gasteiger partial charge in [0.05, 0.1) is 0 Å². The van der Waals surface area contributed by atoms with Gasteiger partial charge in [-0.05, 0) is 57.9 Å². The van der Waals surface area contributed by atoms with Crippen molar-refractivity contribution in [2.45, 2.75) is 47.2 Å². The molecule has 0 atom stereocenters. The fourth-order valence-corrected chi connectivity index (χ4v) is 2.93. The van der Waals surface area contributed by atoms with E-state index in [1.807, 2.05) is 31.2 Å². The maximum atomic E-state index is 12.0. The monoisotopic (exact) mass is 314 g/mol. The Morgan fingerprint density at radius 1 is 1.22 bits per heavy atom. The summed E-state index contributed by atoms with van der Waals surface area (Å²) in [4.78, 5) is 12.0. The third-order valence-electron chi connectivity index (χ3n) is 4.03. The van der Waals surface area contributed by atoms with Crippen LogP contribution in [0.15, 0.2) is 30.3 Å². The number of nitrogens with zero attached hydrogens (tertiary/aromatic N) is 1. The van der Waals surface area contributed by atoms with E-state index in [4.69, 9.17) is 4.74 Å². The summed E-state index contributed by atoms with van der Waals surface area (Å²) in [6.45, 7) is 11.1. The Balaban J connectivity index is 1.90. The molecule has 2 aromatic rings. The number of nitrogens with one attached hydrogen (secondary N) is 1. The Hall–Kier alpha value is -2.23. The topological polar surface area (TPSA) is 43.3 Å². The number of rotatable bonds is 6. The van der Waals surface area contributed by atoms with Crippen LogP contribution >= 0.6 is 0 Å². The van der Waals surface area contributed by atoms with Crippen LogP contribution in [0.4, 0.5) is 0 Å². The van der Waals surface area contributed by atoms with Crippen molar-refractivity contribution < 1.29 is 9.53 Å². The summed E-state index contributed by atoms with van der Waals surface area (Å²) in [5.41, 5.74) is 4.61. The molecule has 0 bridgehead atoms. The summed E-state index contributed by atoms with van der Waals surface area (Å²) in [5, 5.41) is 2.93. The molecule has 0 aliphatic carbocycles. The van der Waals surface area contributed by atoms with Crippen molar-refractivity contribution in [1.29, 1.82) is 0 Å². The first-order valence-electron chi connectivity index (χ1n) is 8.02. The minimum absolute atomic E-state index is 0.0355. The molecule has 1 N–H and O–H groups in total. The van der Waals surface area contributed by atoms with Gasteiger partial charge in [0.1, 0.15) is 5.75 Å². The molecule has 0 aliphatic rings. The molecular formula is C19H26N2O2. The number of carbonyl (C=O) groups is 1. The first kappa shape index (κ1) is 17.1. The van der Waals surface area contributed by atoms with Gasteiger partial charge in [0, 0.05) is 24.0 Å². The van der Waals surface area contributed by atoms with E-state index in [1.165, 1.54) is 11.4 Å². The van der Waals surface area contributed by atoms with Crippen LogP contribution in [-0.4, -0.2) is 17.1 Å². The number of carbonyl (C=O) groups excluding carboxylic acids is 1. The van der Waals surface area contributed by atoms with Gasteiger partial charge >= 0.3 is 0 Å². The molecule has 2 rings (SSSR count). The van der Waals surface area contributed by atoms with Gasteiger partial charge in [-0.15, -0.1) is 0 Å². The molecular weight excluding hydrogens is 288 g/mol. The minimum Gasteiger partial charge on any atom is -0.484 e. The molecule has 0 saturated carbocycles. The standard InChI is InChI=1S/C19H26N2O2/c1-13(2)21-15(4)10-17(16(21)5)11-20-19(22)12-23-18-9-7-6-8-14(18)3/h6-10,13H,11-12H2,1-5H3,(H,20,22). The Labute approximate surface area is 138 Å². The Bertz CT molecular complexity index is 687. The largest absolute Gasteiger partial charge is 0.484 e. The summed E-state index contributed by atoms with van der Waals surface area (Å²) in [6.07, 6.45) is 0. The van der Waals surface area contributed by atoms with E-state index < -0.39 is 0 Å². The third-order valence-corrected chi connectivity index (χ3v) is 4.03. The lowest BCUT2D eigenvalue weighted by Gasteiger charge is -2.14. The van der Waals surface area contributed by atoms with Crippen molar-refractivity contribution in [2.75, 3.05) is 6.61 Å². The molecule has 0 saturated heterocycles. The fourth-order valence-electron chi connectivity index (χ4n) is 2.93. The zero-order valence-electron chi connectivity index (χ0n) is 14.6. The van der Waals surface area contributed by atoms with Crippen molar-refractivity contribution >= 4 is 5.91 Å². The van der Waals surface area contributed by atoms with E-state index in [-0.39, 0.29) is 12.5 Å². The quantitative estimate of drug-likeness (QED) is 0.883. The lowest BCUT2D eigenvalue weighted by atomic mass is 10.2. The molecule has 23 heavy (non-hydrogen) atoms. The maximum absolute atomic E-state index is 12.0. The highest BCUT2D eigenvalue weighted by atomic mass is 16.5. The molecule has 1 amide bonds. The SMILES string of the molecule is Cc1ccccc1OCC(=O)NCc1cc(C)n(C(C)C)c1C. The van der Waals surface area contributed by atoms with Gasteiger partial charge in [-0.3, -0.25) is 4.79 Å². The highest BCUT2D eigenvalue weighted by molar-refractivity contribution is 5.77. The lowest BCUT2D eigenvalue weighted by molar-refractivity contribution is -0.123. The predicted octanol–water partition coefficient (Wildman–Crippen LogP) is 3.69. The number of aromatic nitrogens is 1. The maximum Gasteiger partial charge on any atom is 0.258 e. The number of aryl methyl sites for hydroxylation is 2. The minimum atomic E-state index is -0.109. The molecule has 0 aliphatic heterocycles. The number of ether oxygens (including phenoxy) is 1. The zero-order chi connectivity index (χ0) is 17.0. The summed E-state index contributed by atoms with van der Waals surface area (Å²) in [5.74, 6) is 0.642. The van der Waals surface area contributed by atoms with Gasteiger partial charge < -0.3 is 14.6 Å². The second-order valence-electron chi connectivity index (χ2n) is 6.19. The molecule has 124 valence electrons. The van der Waals surface area contributed by atoms with Crippen molar-refractivity contribution in [3.05, 3.63) is 52.8 Å². The van der Waals surface area contributed by atoms with Crippen LogP contribution in [0.1, 0.15) is 42.4 Å². The van der Waals surface area contributed by atoms with Gasteiger partial charge in [-0.25, -0.2) is 0 Å². The van der Waals surface area contributed by atoms with Crippen molar-refractivity contribution in [3.8, 4) is 5.75 Å². The van der Waals surface area contributed by atoms with Gasteiger partial charge in [-0.1, -0.05) is 18.2 Å². The van der Waals surface area contributed by atoms with E-state index in [2.05, 4.69) is 43.6 Å². The summed E-state index contributed by atoms with van der Waals surface area (Å²) in [7, 11) is 0. The summed E-state index contributed by atoms with van der Waals surface area (Å²) < 4.78 is 7.85. The van der Waals surface area contributed by atoms with E-state index in [1.54, 1.807) is 0 Å². The van der Waals surface area contributed by atoms with E-state index in [0.717, 1.165) is 16.9 Å². The van der Waals surface area contributed by atoms with E-state index >= 15 is 0 Å². The number of hydrogen-bond donors (Lipinski definition) is 1. The van der Waals surface area contributed by atoms with Gasteiger partial charge in [-0.2, -0.15) is 0 Å². The van der Waals surface area contributed by atoms with Crippen molar-refractivity contribution in [1.82, 2.24) is 9.88 Å². The van der Waals surface area contributed by atoms with Gasteiger partial charge in [0.2, 0.25) is 0 Å².